The van der Waals surface area contributed by atoms with Crippen LogP contribution >= 0.6 is 0 Å². The molecule has 2 aliphatic heterocycles. The molecule has 1 amide bonds. The van der Waals surface area contributed by atoms with Crippen LogP contribution in [-0.2, 0) is 9.53 Å². The average Bonchev–Trinajstić information content (AvgIpc) is 2.40. The summed E-state index contributed by atoms with van der Waals surface area (Å²) in [5, 5.41) is 3.30. The summed E-state index contributed by atoms with van der Waals surface area (Å²) in [6.45, 7) is 4.54. The first-order chi connectivity index (χ1) is 8.27. The number of hydrogen-bond donors (Lipinski definition) is 1. The average molecular weight is 240 g/mol. The van der Waals surface area contributed by atoms with E-state index in [1.807, 2.05) is 11.9 Å². The zero-order chi connectivity index (χ0) is 12.1. The van der Waals surface area contributed by atoms with Gasteiger partial charge in [-0.05, 0) is 44.7 Å². The van der Waals surface area contributed by atoms with E-state index in [0.29, 0.717) is 11.8 Å². The van der Waals surface area contributed by atoms with Crippen LogP contribution in [-0.4, -0.2) is 50.7 Å². The normalized spacial score (nSPS) is 26.8. The van der Waals surface area contributed by atoms with Crippen molar-refractivity contribution in [2.24, 2.45) is 11.8 Å². The van der Waals surface area contributed by atoms with Gasteiger partial charge in [0, 0.05) is 26.1 Å². The Bertz CT molecular complexity index is 246. The van der Waals surface area contributed by atoms with Gasteiger partial charge in [-0.1, -0.05) is 0 Å². The molecule has 2 aliphatic rings. The first-order valence-electron chi connectivity index (χ1n) is 6.81. The van der Waals surface area contributed by atoms with E-state index in [0.717, 1.165) is 52.1 Å². The lowest BCUT2D eigenvalue weighted by atomic mass is 9.95. The summed E-state index contributed by atoms with van der Waals surface area (Å²) in [4.78, 5) is 14.2. The highest BCUT2D eigenvalue weighted by Gasteiger charge is 2.25. The van der Waals surface area contributed by atoms with Gasteiger partial charge in [-0.25, -0.2) is 0 Å². The Hall–Kier alpha value is -0.610. The summed E-state index contributed by atoms with van der Waals surface area (Å²) in [6.07, 6.45) is 4.32. The molecule has 0 aromatic carbocycles. The topological polar surface area (TPSA) is 41.6 Å². The summed E-state index contributed by atoms with van der Waals surface area (Å²) in [7, 11) is 1.94. The second-order valence-electron chi connectivity index (χ2n) is 5.33. The molecule has 4 heteroatoms. The summed E-state index contributed by atoms with van der Waals surface area (Å²) < 4.78 is 5.46. The molecule has 0 aromatic rings. The van der Waals surface area contributed by atoms with Crippen molar-refractivity contribution in [2.45, 2.75) is 25.7 Å². The smallest absolute Gasteiger partial charge is 0.225 e. The van der Waals surface area contributed by atoms with Crippen LogP contribution < -0.4 is 5.32 Å². The van der Waals surface area contributed by atoms with Crippen LogP contribution in [0.25, 0.3) is 0 Å². The van der Waals surface area contributed by atoms with E-state index in [1.54, 1.807) is 0 Å². The molecule has 2 saturated heterocycles. The first-order valence-corrected chi connectivity index (χ1v) is 6.81. The lowest BCUT2D eigenvalue weighted by Gasteiger charge is -2.31. The Labute approximate surface area is 104 Å². The third-order valence-corrected chi connectivity index (χ3v) is 3.85. The number of ether oxygens (including phenoxy) is 1. The van der Waals surface area contributed by atoms with Crippen molar-refractivity contribution in [2.75, 3.05) is 39.9 Å². The van der Waals surface area contributed by atoms with Crippen molar-refractivity contribution >= 4 is 5.91 Å². The van der Waals surface area contributed by atoms with E-state index in [1.165, 1.54) is 6.42 Å². The van der Waals surface area contributed by atoms with Crippen molar-refractivity contribution in [1.29, 1.82) is 0 Å². The van der Waals surface area contributed by atoms with Crippen LogP contribution in [0.15, 0.2) is 0 Å². The number of amides is 1. The Morgan fingerprint density at radius 3 is 2.76 bits per heavy atom. The van der Waals surface area contributed by atoms with Crippen molar-refractivity contribution in [3.05, 3.63) is 0 Å². The number of hydrogen-bond acceptors (Lipinski definition) is 3. The molecule has 0 spiro atoms. The van der Waals surface area contributed by atoms with Gasteiger partial charge in [0.05, 0.1) is 6.61 Å². The zero-order valence-corrected chi connectivity index (χ0v) is 10.8. The highest BCUT2D eigenvalue weighted by Crippen LogP contribution is 2.18. The molecular formula is C13H24N2O2. The Morgan fingerprint density at radius 2 is 2.12 bits per heavy atom. The van der Waals surface area contributed by atoms with Crippen LogP contribution in [0.4, 0.5) is 0 Å². The largest absolute Gasteiger partial charge is 0.381 e. The zero-order valence-electron chi connectivity index (χ0n) is 10.8. The maximum Gasteiger partial charge on any atom is 0.225 e. The summed E-state index contributed by atoms with van der Waals surface area (Å²) in [6, 6.07) is 0. The first kappa shape index (κ1) is 12.8. The highest BCUT2D eigenvalue weighted by molar-refractivity contribution is 5.78. The number of carbonyl (C=O) groups is 1. The van der Waals surface area contributed by atoms with Gasteiger partial charge in [0.15, 0.2) is 0 Å². The van der Waals surface area contributed by atoms with E-state index in [2.05, 4.69) is 5.32 Å². The Morgan fingerprint density at radius 1 is 1.35 bits per heavy atom. The van der Waals surface area contributed by atoms with Crippen LogP contribution in [0.5, 0.6) is 0 Å². The van der Waals surface area contributed by atoms with E-state index in [9.17, 15) is 4.79 Å². The third-order valence-electron chi connectivity index (χ3n) is 3.85. The molecule has 1 unspecified atom stereocenters. The fourth-order valence-electron chi connectivity index (χ4n) is 2.81. The van der Waals surface area contributed by atoms with Crippen LogP contribution in [0, 0.1) is 11.8 Å². The van der Waals surface area contributed by atoms with Gasteiger partial charge in [-0.15, -0.1) is 0 Å². The number of piperidine rings is 1. The standard InChI is InChI=1S/C13H24N2O2/c1-15(9-11-3-2-8-17-10-11)13(16)12-4-6-14-7-5-12/h11-12,14H,2-10H2,1H3. The third kappa shape index (κ3) is 3.68. The minimum absolute atomic E-state index is 0.241. The lowest BCUT2D eigenvalue weighted by Crippen LogP contribution is -2.42. The van der Waals surface area contributed by atoms with Gasteiger partial charge in [0.25, 0.3) is 0 Å². The van der Waals surface area contributed by atoms with E-state index >= 15 is 0 Å². The molecule has 0 bridgehead atoms. The van der Waals surface area contributed by atoms with Gasteiger partial charge in [-0.2, -0.15) is 0 Å². The predicted octanol–water partition coefficient (Wildman–Crippen LogP) is 0.871. The minimum atomic E-state index is 0.241. The van der Waals surface area contributed by atoms with Gasteiger partial charge < -0.3 is 15.0 Å². The van der Waals surface area contributed by atoms with Gasteiger partial charge in [0.1, 0.15) is 0 Å². The minimum Gasteiger partial charge on any atom is -0.381 e. The number of nitrogens with zero attached hydrogens (tertiary/aromatic N) is 1. The van der Waals surface area contributed by atoms with Gasteiger partial charge in [-0.3, -0.25) is 4.79 Å². The molecule has 2 rings (SSSR count). The maximum atomic E-state index is 12.2. The second kappa shape index (κ2) is 6.36. The predicted molar refractivity (Wildman–Crippen MR) is 66.8 cm³/mol. The van der Waals surface area contributed by atoms with E-state index in [4.69, 9.17) is 4.74 Å². The quantitative estimate of drug-likeness (QED) is 0.796. The van der Waals surface area contributed by atoms with Crippen LogP contribution in [0.2, 0.25) is 0 Å². The van der Waals surface area contributed by atoms with Gasteiger partial charge >= 0.3 is 0 Å². The fourth-order valence-corrected chi connectivity index (χ4v) is 2.81. The summed E-state index contributed by atoms with van der Waals surface area (Å²) in [5.41, 5.74) is 0. The molecule has 0 aromatic heterocycles. The Balaban J connectivity index is 1.77. The number of nitrogens with one attached hydrogen (secondary N) is 1. The molecule has 0 aliphatic carbocycles. The SMILES string of the molecule is CN(CC1CCCOC1)C(=O)C1CCNCC1. The molecule has 17 heavy (non-hydrogen) atoms. The molecule has 0 radical (unpaired) electrons. The molecule has 2 fully saturated rings. The summed E-state index contributed by atoms with van der Waals surface area (Å²) >= 11 is 0. The summed E-state index contributed by atoms with van der Waals surface area (Å²) in [5.74, 6) is 1.11. The van der Waals surface area contributed by atoms with Gasteiger partial charge in [0.2, 0.25) is 5.91 Å². The van der Waals surface area contributed by atoms with Crippen molar-refractivity contribution in [3.8, 4) is 0 Å². The Kier molecular flexibility index (Phi) is 4.80. The van der Waals surface area contributed by atoms with Crippen molar-refractivity contribution in [3.63, 3.8) is 0 Å². The molecule has 98 valence electrons. The maximum absolute atomic E-state index is 12.2. The second-order valence-corrected chi connectivity index (χ2v) is 5.33. The van der Waals surface area contributed by atoms with E-state index < -0.39 is 0 Å². The lowest BCUT2D eigenvalue weighted by molar-refractivity contribution is -0.136. The van der Waals surface area contributed by atoms with Crippen LogP contribution in [0.3, 0.4) is 0 Å². The molecule has 1 N–H and O–H groups in total. The molecular weight excluding hydrogens is 216 g/mol. The monoisotopic (exact) mass is 240 g/mol. The fraction of sp³-hybridized carbons (Fsp3) is 0.923. The molecule has 0 saturated carbocycles. The van der Waals surface area contributed by atoms with E-state index in [-0.39, 0.29) is 5.92 Å². The highest BCUT2D eigenvalue weighted by atomic mass is 16.5. The van der Waals surface area contributed by atoms with Crippen LogP contribution in [0.1, 0.15) is 25.7 Å². The molecule has 1 atom stereocenters. The molecule has 2 heterocycles. The van der Waals surface area contributed by atoms with Crippen molar-refractivity contribution < 1.29 is 9.53 Å². The molecule has 4 nitrogen and oxygen atoms in total. The number of rotatable bonds is 3. The number of carbonyl (C=O) groups excluding carboxylic acids is 1. The van der Waals surface area contributed by atoms with Crippen molar-refractivity contribution in [1.82, 2.24) is 10.2 Å².